The zero-order valence-corrected chi connectivity index (χ0v) is 11.9. The lowest BCUT2D eigenvalue weighted by Gasteiger charge is -2.35. The lowest BCUT2D eigenvalue weighted by molar-refractivity contribution is -0.138. The van der Waals surface area contributed by atoms with Gasteiger partial charge in [0, 0.05) is 12.6 Å². The van der Waals surface area contributed by atoms with E-state index in [1.807, 2.05) is 0 Å². The highest BCUT2D eigenvalue weighted by Crippen LogP contribution is 2.42. The predicted molar refractivity (Wildman–Crippen MR) is 78.7 cm³/mol. The van der Waals surface area contributed by atoms with Gasteiger partial charge in [-0.1, -0.05) is 30.7 Å². The van der Waals surface area contributed by atoms with Crippen LogP contribution in [0.3, 0.4) is 0 Å². The second kappa shape index (κ2) is 5.96. The van der Waals surface area contributed by atoms with Gasteiger partial charge in [0.2, 0.25) is 0 Å². The van der Waals surface area contributed by atoms with E-state index in [-0.39, 0.29) is 12.5 Å². The van der Waals surface area contributed by atoms with Crippen molar-refractivity contribution < 1.29 is 9.90 Å². The Labute approximate surface area is 120 Å². The van der Waals surface area contributed by atoms with Gasteiger partial charge in [0.05, 0.1) is 6.42 Å². The van der Waals surface area contributed by atoms with Gasteiger partial charge in [-0.25, -0.2) is 0 Å². The fourth-order valence-electron chi connectivity index (χ4n) is 3.39. The molecular weight excluding hydrogens is 250 g/mol. The third kappa shape index (κ3) is 3.21. The molecule has 1 atom stereocenters. The summed E-state index contributed by atoms with van der Waals surface area (Å²) in [6, 6.07) is 8.93. The fraction of sp³-hybridized carbons (Fsp3) is 0.588. The van der Waals surface area contributed by atoms with Crippen LogP contribution < -0.4 is 0 Å². The van der Waals surface area contributed by atoms with Crippen molar-refractivity contribution in [1.82, 2.24) is 4.90 Å². The van der Waals surface area contributed by atoms with Crippen LogP contribution in [0.15, 0.2) is 24.3 Å². The standard InChI is InChI=1S/C17H23NO2/c19-17(20)11-15-6-3-4-10-18(15)12-14-5-1-2-7-16(14)13-8-9-13/h1-2,5,7,13,15H,3-4,6,8-12H2,(H,19,20). The van der Waals surface area contributed by atoms with Gasteiger partial charge in [-0.05, 0) is 49.3 Å². The lowest BCUT2D eigenvalue weighted by atomic mass is 9.96. The van der Waals surface area contributed by atoms with Crippen LogP contribution in [0.1, 0.15) is 55.6 Å². The highest BCUT2D eigenvalue weighted by Gasteiger charge is 2.28. The molecule has 2 fully saturated rings. The number of nitrogens with zero attached hydrogens (tertiary/aromatic N) is 1. The Bertz CT molecular complexity index is 482. The number of aliphatic carboxylic acids is 1. The largest absolute Gasteiger partial charge is 0.481 e. The molecule has 1 heterocycles. The number of carboxylic acids is 1. The van der Waals surface area contributed by atoms with Crippen molar-refractivity contribution in [3.05, 3.63) is 35.4 Å². The maximum atomic E-state index is 11.0. The number of piperidine rings is 1. The van der Waals surface area contributed by atoms with E-state index in [2.05, 4.69) is 29.2 Å². The van der Waals surface area contributed by atoms with Crippen LogP contribution >= 0.6 is 0 Å². The van der Waals surface area contributed by atoms with E-state index in [4.69, 9.17) is 5.11 Å². The van der Waals surface area contributed by atoms with Crippen LogP contribution in [0.4, 0.5) is 0 Å². The third-order valence-electron chi connectivity index (χ3n) is 4.61. The van der Waals surface area contributed by atoms with Gasteiger partial charge in [0.1, 0.15) is 0 Å². The first-order chi connectivity index (χ1) is 9.74. The van der Waals surface area contributed by atoms with Gasteiger partial charge < -0.3 is 5.11 Å². The molecule has 1 aliphatic carbocycles. The quantitative estimate of drug-likeness (QED) is 0.894. The molecule has 1 N–H and O–H groups in total. The molecule has 3 rings (SSSR count). The van der Waals surface area contributed by atoms with Gasteiger partial charge in [0.15, 0.2) is 0 Å². The van der Waals surface area contributed by atoms with E-state index >= 15 is 0 Å². The van der Waals surface area contributed by atoms with Crippen LogP contribution in [0.5, 0.6) is 0 Å². The van der Waals surface area contributed by atoms with E-state index < -0.39 is 5.97 Å². The Hall–Kier alpha value is -1.35. The first-order valence-corrected chi connectivity index (χ1v) is 7.77. The Balaban J connectivity index is 1.73. The first-order valence-electron chi connectivity index (χ1n) is 7.77. The average Bonchev–Trinajstić information content (AvgIpc) is 3.25. The van der Waals surface area contributed by atoms with Crippen LogP contribution in [-0.4, -0.2) is 28.6 Å². The van der Waals surface area contributed by atoms with E-state index in [1.165, 1.54) is 36.8 Å². The molecule has 3 nitrogen and oxygen atoms in total. The molecule has 3 heteroatoms. The molecule has 20 heavy (non-hydrogen) atoms. The van der Waals surface area contributed by atoms with Gasteiger partial charge >= 0.3 is 5.97 Å². The summed E-state index contributed by atoms with van der Waals surface area (Å²) in [5.74, 6) is 0.0892. The van der Waals surface area contributed by atoms with Crippen LogP contribution in [0.2, 0.25) is 0 Å². The Kier molecular flexibility index (Phi) is 4.06. The topological polar surface area (TPSA) is 40.5 Å². The summed E-state index contributed by atoms with van der Waals surface area (Å²) in [7, 11) is 0. The minimum Gasteiger partial charge on any atom is -0.481 e. The summed E-state index contributed by atoms with van der Waals surface area (Å²) in [5.41, 5.74) is 2.90. The minimum absolute atomic E-state index is 0.216. The smallest absolute Gasteiger partial charge is 0.304 e. The van der Waals surface area contributed by atoms with E-state index in [1.54, 1.807) is 0 Å². The Morgan fingerprint density at radius 2 is 2.00 bits per heavy atom. The second-order valence-electron chi connectivity index (χ2n) is 6.19. The highest BCUT2D eigenvalue weighted by molar-refractivity contribution is 5.67. The number of rotatable bonds is 5. The molecule has 108 valence electrons. The molecule has 0 spiro atoms. The minimum atomic E-state index is -0.669. The number of hydrogen-bond acceptors (Lipinski definition) is 2. The molecule has 0 aromatic heterocycles. The van der Waals surface area contributed by atoms with Crippen LogP contribution in [-0.2, 0) is 11.3 Å². The first kappa shape index (κ1) is 13.6. The molecule has 1 aliphatic heterocycles. The Morgan fingerprint density at radius 3 is 2.75 bits per heavy atom. The zero-order valence-electron chi connectivity index (χ0n) is 11.9. The highest BCUT2D eigenvalue weighted by atomic mass is 16.4. The average molecular weight is 273 g/mol. The number of hydrogen-bond donors (Lipinski definition) is 1. The summed E-state index contributed by atoms with van der Waals surface area (Å²) in [6.45, 7) is 1.96. The summed E-state index contributed by atoms with van der Waals surface area (Å²) in [4.78, 5) is 13.4. The summed E-state index contributed by atoms with van der Waals surface area (Å²) < 4.78 is 0. The second-order valence-corrected chi connectivity index (χ2v) is 6.19. The fourth-order valence-corrected chi connectivity index (χ4v) is 3.39. The van der Waals surface area contributed by atoms with Gasteiger partial charge in [-0.15, -0.1) is 0 Å². The van der Waals surface area contributed by atoms with Crippen molar-refractivity contribution in [2.45, 2.75) is 57.0 Å². The zero-order chi connectivity index (χ0) is 13.9. The van der Waals surface area contributed by atoms with Gasteiger partial charge in [0.25, 0.3) is 0 Å². The molecule has 1 saturated carbocycles. The monoisotopic (exact) mass is 273 g/mol. The normalized spacial score (nSPS) is 23.7. The van der Waals surface area contributed by atoms with Gasteiger partial charge in [-0.2, -0.15) is 0 Å². The van der Waals surface area contributed by atoms with E-state index in [0.29, 0.717) is 0 Å². The van der Waals surface area contributed by atoms with E-state index in [0.717, 1.165) is 25.4 Å². The summed E-state index contributed by atoms with van der Waals surface area (Å²) >= 11 is 0. The molecule has 1 aromatic carbocycles. The van der Waals surface area contributed by atoms with Crippen molar-refractivity contribution in [2.24, 2.45) is 0 Å². The number of carboxylic acid groups (broad SMARTS) is 1. The van der Waals surface area contributed by atoms with Crippen LogP contribution in [0, 0.1) is 0 Å². The maximum absolute atomic E-state index is 11.0. The van der Waals surface area contributed by atoms with Crippen molar-refractivity contribution in [3.8, 4) is 0 Å². The van der Waals surface area contributed by atoms with Crippen molar-refractivity contribution in [3.63, 3.8) is 0 Å². The molecular formula is C17H23NO2. The SMILES string of the molecule is O=C(O)CC1CCCCN1Cc1ccccc1C1CC1. The van der Waals surface area contributed by atoms with Crippen molar-refractivity contribution >= 4 is 5.97 Å². The van der Waals surface area contributed by atoms with Gasteiger partial charge in [-0.3, -0.25) is 9.69 Å². The lowest BCUT2D eigenvalue weighted by Crippen LogP contribution is -2.40. The maximum Gasteiger partial charge on any atom is 0.304 e. The van der Waals surface area contributed by atoms with Crippen molar-refractivity contribution in [2.75, 3.05) is 6.54 Å². The predicted octanol–water partition coefficient (Wildman–Crippen LogP) is 3.39. The molecule has 0 amide bonds. The molecule has 1 aromatic rings. The summed E-state index contributed by atoms with van der Waals surface area (Å²) in [5, 5.41) is 9.08. The number of benzene rings is 1. The van der Waals surface area contributed by atoms with Crippen molar-refractivity contribution in [1.29, 1.82) is 0 Å². The number of carbonyl (C=O) groups is 1. The van der Waals surface area contributed by atoms with E-state index in [9.17, 15) is 4.79 Å². The number of likely N-dealkylation sites (tertiary alicyclic amines) is 1. The molecule has 1 saturated heterocycles. The molecule has 0 bridgehead atoms. The molecule has 1 unspecified atom stereocenters. The Morgan fingerprint density at radius 1 is 1.20 bits per heavy atom. The molecule has 0 radical (unpaired) electrons. The van der Waals surface area contributed by atoms with Crippen LogP contribution in [0.25, 0.3) is 0 Å². The molecule has 2 aliphatic rings. The summed E-state index contributed by atoms with van der Waals surface area (Å²) in [6.07, 6.45) is 6.30. The third-order valence-corrected chi connectivity index (χ3v) is 4.61.